The third kappa shape index (κ3) is 10.6. The summed E-state index contributed by atoms with van der Waals surface area (Å²) in [6, 6.07) is 11.7. The first-order chi connectivity index (χ1) is 17.3. The zero-order chi connectivity index (χ0) is 26.3. The van der Waals surface area contributed by atoms with E-state index in [1.807, 2.05) is 19.1 Å². The molecular weight excluding hydrogens is 507 g/mol. The van der Waals surface area contributed by atoms with Gasteiger partial charge in [0.05, 0.1) is 17.3 Å². The van der Waals surface area contributed by atoms with E-state index in [2.05, 4.69) is 5.32 Å². The Balaban J connectivity index is 1.93. The summed E-state index contributed by atoms with van der Waals surface area (Å²) in [6.07, 6.45) is 1.00. The number of carbonyl (C=O) groups excluding carboxylic acids is 1. The number of anilines is 1. The molecule has 2 N–H and O–H groups in total. The quantitative estimate of drug-likeness (QED) is 0.263. The topological polar surface area (TPSA) is 97.3 Å². The van der Waals surface area contributed by atoms with Crippen LogP contribution in [-0.4, -0.2) is 67.6 Å². The van der Waals surface area contributed by atoms with Crippen LogP contribution in [0.15, 0.2) is 42.5 Å². The molecule has 0 heterocycles. The lowest BCUT2D eigenvalue weighted by Gasteiger charge is -2.23. The van der Waals surface area contributed by atoms with Crippen LogP contribution in [0.1, 0.15) is 32.3 Å². The van der Waals surface area contributed by atoms with Crippen molar-refractivity contribution in [3.8, 4) is 5.75 Å². The average molecular weight is 541 g/mol. The Kier molecular flexibility index (Phi) is 13.4. The van der Waals surface area contributed by atoms with Crippen LogP contribution in [0.2, 0.25) is 10.0 Å². The fourth-order valence-electron chi connectivity index (χ4n) is 3.33. The maximum Gasteiger partial charge on any atom is 0.333 e. The zero-order valence-corrected chi connectivity index (χ0v) is 22.2. The summed E-state index contributed by atoms with van der Waals surface area (Å²) in [7, 11) is 0. The molecule has 0 saturated heterocycles. The molecule has 0 aliphatic rings. The Hall–Kier alpha value is -2.52. The van der Waals surface area contributed by atoms with Gasteiger partial charge in [-0.05, 0) is 55.7 Å². The number of ether oxygens (including phenoxy) is 3. The highest BCUT2D eigenvalue weighted by Crippen LogP contribution is 2.25. The molecule has 1 unspecified atom stereocenters. The van der Waals surface area contributed by atoms with Crippen LogP contribution in [0.4, 0.5) is 10.5 Å². The van der Waals surface area contributed by atoms with Crippen molar-refractivity contribution < 1.29 is 28.9 Å². The van der Waals surface area contributed by atoms with Gasteiger partial charge in [0.2, 0.25) is 0 Å². The molecular formula is C26H34Cl2N2O6. The Morgan fingerprint density at radius 1 is 1.03 bits per heavy atom. The minimum Gasteiger partial charge on any atom is -0.492 e. The van der Waals surface area contributed by atoms with Crippen molar-refractivity contribution in [3.05, 3.63) is 58.1 Å². The number of nitrogens with one attached hydrogen (secondary N) is 1. The third-order valence-electron chi connectivity index (χ3n) is 5.14. The molecule has 0 saturated carbocycles. The Morgan fingerprint density at radius 2 is 1.78 bits per heavy atom. The van der Waals surface area contributed by atoms with E-state index in [-0.39, 0.29) is 19.1 Å². The van der Waals surface area contributed by atoms with Crippen LogP contribution in [-0.2, 0) is 20.7 Å². The van der Waals surface area contributed by atoms with Gasteiger partial charge in [0.25, 0.3) is 0 Å². The molecule has 0 aliphatic carbocycles. The Labute approximate surface area is 222 Å². The molecule has 0 spiro atoms. The molecule has 0 aromatic heterocycles. The summed E-state index contributed by atoms with van der Waals surface area (Å²) in [5, 5.41) is 12.9. The molecule has 0 bridgehead atoms. The molecule has 8 nitrogen and oxygen atoms in total. The third-order valence-corrected chi connectivity index (χ3v) is 5.69. The number of rotatable bonds is 16. The van der Waals surface area contributed by atoms with Crippen molar-refractivity contribution in [2.24, 2.45) is 0 Å². The van der Waals surface area contributed by atoms with Gasteiger partial charge in [0.15, 0.2) is 6.10 Å². The minimum absolute atomic E-state index is 0.269. The van der Waals surface area contributed by atoms with E-state index >= 15 is 0 Å². The van der Waals surface area contributed by atoms with Crippen LogP contribution < -0.4 is 10.1 Å². The molecule has 10 heteroatoms. The first kappa shape index (κ1) is 29.7. The second-order valence-corrected chi connectivity index (χ2v) is 8.83. The zero-order valence-electron chi connectivity index (χ0n) is 20.7. The van der Waals surface area contributed by atoms with E-state index in [0.29, 0.717) is 60.8 Å². The number of hydrogen-bond acceptors (Lipinski definition) is 5. The number of carbonyl (C=O) groups is 2. The molecule has 2 aromatic carbocycles. The number of benzene rings is 2. The van der Waals surface area contributed by atoms with E-state index in [0.717, 1.165) is 12.0 Å². The number of carboxylic acid groups (broad SMARTS) is 1. The lowest BCUT2D eigenvalue weighted by atomic mass is 10.1. The fourth-order valence-corrected chi connectivity index (χ4v) is 3.79. The Morgan fingerprint density at radius 3 is 2.42 bits per heavy atom. The summed E-state index contributed by atoms with van der Waals surface area (Å²) >= 11 is 12.1. The molecule has 1 atom stereocenters. The highest BCUT2D eigenvalue weighted by atomic mass is 35.5. The number of carboxylic acids is 1. The molecule has 2 amide bonds. The van der Waals surface area contributed by atoms with Crippen LogP contribution in [0.5, 0.6) is 5.75 Å². The molecule has 0 radical (unpaired) electrons. The summed E-state index contributed by atoms with van der Waals surface area (Å²) in [6.45, 7) is 6.48. The van der Waals surface area contributed by atoms with Crippen molar-refractivity contribution in [1.29, 1.82) is 0 Å². The van der Waals surface area contributed by atoms with Crippen LogP contribution in [0.25, 0.3) is 0 Å². The summed E-state index contributed by atoms with van der Waals surface area (Å²) in [5.74, 6) is -0.370. The van der Waals surface area contributed by atoms with Gasteiger partial charge >= 0.3 is 12.0 Å². The summed E-state index contributed by atoms with van der Waals surface area (Å²) in [4.78, 5) is 25.9. The average Bonchev–Trinajstić information content (AvgIpc) is 2.85. The standard InChI is InChI=1S/C26H34Cl2N2O6/c1-3-14-34-15-5-12-30(26(33)29-23-11-8-20(27)18-22(23)28)13-16-36-21-9-6-19(7-10-21)17-24(25(31)32)35-4-2/h6-11,18,24H,3-5,12-17H2,1-2H3,(H,29,33)(H,31,32). The maximum absolute atomic E-state index is 12.9. The highest BCUT2D eigenvalue weighted by molar-refractivity contribution is 6.36. The van der Waals surface area contributed by atoms with Gasteiger partial charge in [-0.3, -0.25) is 0 Å². The molecule has 2 rings (SSSR count). The second kappa shape index (κ2) is 16.3. The highest BCUT2D eigenvalue weighted by Gasteiger charge is 2.18. The summed E-state index contributed by atoms with van der Waals surface area (Å²) in [5.41, 5.74) is 1.30. The SMILES string of the molecule is CCCOCCCN(CCOc1ccc(CC(OCC)C(=O)O)cc1)C(=O)Nc1ccc(Cl)cc1Cl. The van der Waals surface area contributed by atoms with Crippen molar-refractivity contribution in [3.63, 3.8) is 0 Å². The lowest BCUT2D eigenvalue weighted by Crippen LogP contribution is -2.39. The van der Waals surface area contributed by atoms with Crippen LogP contribution in [0, 0.1) is 0 Å². The number of aliphatic carboxylic acids is 1. The van der Waals surface area contributed by atoms with Gasteiger partial charge in [-0.25, -0.2) is 9.59 Å². The van der Waals surface area contributed by atoms with E-state index in [1.165, 1.54) is 0 Å². The normalized spacial score (nSPS) is 11.7. The largest absolute Gasteiger partial charge is 0.492 e. The number of hydrogen-bond donors (Lipinski definition) is 2. The minimum atomic E-state index is -0.990. The predicted octanol–water partition coefficient (Wildman–Crippen LogP) is 5.76. The number of nitrogens with zero attached hydrogens (tertiary/aromatic N) is 1. The summed E-state index contributed by atoms with van der Waals surface area (Å²) < 4.78 is 16.6. The molecule has 0 fully saturated rings. The van der Waals surface area contributed by atoms with Gasteiger partial charge in [-0.15, -0.1) is 0 Å². The van der Waals surface area contributed by atoms with Crippen molar-refractivity contribution in [2.45, 2.75) is 39.2 Å². The monoisotopic (exact) mass is 540 g/mol. The van der Waals surface area contributed by atoms with Crippen molar-refractivity contribution in [2.75, 3.05) is 44.8 Å². The van der Waals surface area contributed by atoms with E-state index in [1.54, 1.807) is 42.2 Å². The lowest BCUT2D eigenvalue weighted by molar-refractivity contribution is -0.149. The van der Waals surface area contributed by atoms with Gasteiger partial charge in [-0.2, -0.15) is 0 Å². The fraction of sp³-hybridized carbons (Fsp3) is 0.462. The van der Waals surface area contributed by atoms with Crippen molar-refractivity contribution >= 4 is 40.9 Å². The molecule has 36 heavy (non-hydrogen) atoms. The predicted molar refractivity (Wildman–Crippen MR) is 141 cm³/mol. The molecule has 198 valence electrons. The maximum atomic E-state index is 12.9. The van der Waals surface area contributed by atoms with Gasteiger partial charge in [-0.1, -0.05) is 42.3 Å². The van der Waals surface area contributed by atoms with Gasteiger partial charge in [0.1, 0.15) is 12.4 Å². The van der Waals surface area contributed by atoms with Gasteiger partial charge in [0, 0.05) is 37.8 Å². The van der Waals surface area contributed by atoms with Crippen LogP contribution in [0.3, 0.4) is 0 Å². The van der Waals surface area contributed by atoms with Crippen LogP contribution >= 0.6 is 23.2 Å². The van der Waals surface area contributed by atoms with E-state index in [9.17, 15) is 14.7 Å². The first-order valence-corrected chi connectivity index (χ1v) is 12.7. The molecule has 0 aliphatic heterocycles. The second-order valence-electron chi connectivity index (χ2n) is 7.99. The number of halogens is 2. The van der Waals surface area contributed by atoms with Crippen molar-refractivity contribution in [1.82, 2.24) is 4.90 Å². The smallest absolute Gasteiger partial charge is 0.333 e. The number of urea groups is 1. The number of amides is 2. The van der Waals surface area contributed by atoms with E-state index < -0.39 is 12.1 Å². The van der Waals surface area contributed by atoms with Gasteiger partial charge < -0.3 is 29.5 Å². The first-order valence-electron chi connectivity index (χ1n) is 12.0. The molecule has 2 aromatic rings. The Bertz CT molecular complexity index is 958. The van der Waals surface area contributed by atoms with E-state index in [4.69, 9.17) is 37.4 Å².